The molecule has 0 aliphatic heterocycles. The van der Waals surface area contributed by atoms with Crippen molar-refractivity contribution < 1.29 is 22.8 Å². The van der Waals surface area contributed by atoms with E-state index in [0.717, 1.165) is 23.1 Å². The van der Waals surface area contributed by atoms with Gasteiger partial charge in [0.1, 0.15) is 0 Å². The van der Waals surface area contributed by atoms with Gasteiger partial charge in [0.25, 0.3) is 5.91 Å². The van der Waals surface area contributed by atoms with Crippen LogP contribution in [0.15, 0.2) is 48.5 Å². The van der Waals surface area contributed by atoms with Gasteiger partial charge in [0.05, 0.1) is 16.3 Å². The Morgan fingerprint density at radius 3 is 2.35 bits per heavy atom. The second kappa shape index (κ2) is 8.23. The fraction of sp³-hybridized carbons (Fsp3) is 0.222. The van der Waals surface area contributed by atoms with Crippen molar-refractivity contribution in [2.24, 2.45) is 0 Å². The Labute approximate surface area is 153 Å². The SMILES string of the molecule is CC(=O)N(CCNC(=O)c1ccccc1)c1cc(C(F)(F)F)ccc1Cl. The highest BCUT2D eigenvalue weighted by atomic mass is 35.5. The van der Waals surface area contributed by atoms with E-state index < -0.39 is 17.6 Å². The number of amides is 2. The van der Waals surface area contributed by atoms with Crippen LogP contribution >= 0.6 is 11.6 Å². The lowest BCUT2D eigenvalue weighted by molar-refractivity contribution is -0.137. The molecule has 0 unspecified atom stereocenters. The first-order valence-electron chi connectivity index (χ1n) is 7.68. The van der Waals surface area contributed by atoms with Gasteiger partial charge < -0.3 is 10.2 Å². The third-order valence-corrected chi connectivity index (χ3v) is 3.92. The molecule has 2 amide bonds. The number of nitrogens with zero attached hydrogens (tertiary/aromatic N) is 1. The maximum atomic E-state index is 12.9. The van der Waals surface area contributed by atoms with E-state index in [9.17, 15) is 22.8 Å². The van der Waals surface area contributed by atoms with Crippen LogP contribution in [0.2, 0.25) is 5.02 Å². The molecule has 0 bridgehead atoms. The van der Waals surface area contributed by atoms with E-state index in [0.29, 0.717) is 5.56 Å². The molecule has 0 radical (unpaired) electrons. The summed E-state index contributed by atoms with van der Waals surface area (Å²) in [7, 11) is 0. The molecule has 4 nitrogen and oxygen atoms in total. The number of nitrogens with one attached hydrogen (secondary N) is 1. The Hall–Kier alpha value is -2.54. The maximum absolute atomic E-state index is 12.9. The van der Waals surface area contributed by atoms with E-state index >= 15 is 0 Å². The predicted octanol–water partition coefficient (Wildman–Crippen LogP) is 4.14. The normalized spacial score (nSPS) is 11.1. The third-order valence-electron chi connectivity index (χ3n) is 3.60. The minimum Gasteiger partial charge on any atom is -0.350 e. The lowest BCUT2D eigenvalue weighted by Crippen LogP contribution is -2.37. The van der Waals surface area contributed by atoms with Gasteiger partial charge >= 0.3 is 6.18 Å². The first-order valence-corrected chi connectivity index (χ1v) is 8.06. The summed E-state index contributed by atoms with van der Waals surface area (Å²) in [6, 6.07) is 11.2. The summed E-state index contributed by atoms with van der Waals surface area (Å²) >= 11 is 5.97. The van der Waals surface area contributed by atoms with Crippen LogP contribution in [0.4, 0.5) is 18.9 Å². The molecule has 0 fully saturated rings. The lowest BCUT2D eigenvalue weighted by atomic mass is 10.1. The van der Waals surface area contributed by atoms with E-state index in [-0.39, 0.29) is 29.7 Å². The van der Waals surface area contributed by atoms with Gasteiger partial charge in [-0.2, -0.15) is 13.2 Å². The number of benzene rings is 2. The van der Waals surface area contributed by atoms with Gasteiger partial charge in [-0.15, -0.1) is 0 Å². The highest BCUT2D eigenvalue weighted by molar-refractivity contribution is 6.33. The molecular weight excluding hydrogens is 369 g/mol. The second-order valence-corrected chi connectivity index (χ2v) is 5.86. The largest absolute Gasteiger partial charge is 0.416 e. The van der Waals surface area contributed by atoms with Crippen LogP contribution in [0.3, 0.4) is 0 Å². The zero-order chi connectivity index (χ0) is 19.3. The van der Waals surface area contributed by atoms with Crippen molar-refractivity contribution in [2.45, 2.75) is 13.1 Å². The molecule has 0 heterocycles. The van der Waals surface area contributed by atoms with Crippen LogP contribution in [0, 0.1) is 0 Å². The average molecular weight is 385 g/mol. The number of hydrogen-bond donors (Lipinski definition) is 1. The van der Waals surface area contributed by atoms with Crippen LogP contribution < -0.4 is 10.2 Å². The Morgan fingerprint density at radius 2 is 1.77 bits per heavy atom. The smallest absolute Gasteiger partial charge is 0.350 e. The summed E-state index contributed by atoms with van der Waals surface area (Å²) in [5.41, 5.74) is -0.515. The molecule has 0 saturated heterocycles. The standard InChI is InChI=1S/C18H16ClF3N2O2/c1-12(25)24(10-9-23-17(26)13-5-3-2-4-6-13)16-11-14(18(20,21)22)7-8-15(16)19/h2-8,11H,9-10H2,1H3,(H,23,26). The van der Waals surface area contributed by atoms with Gasteiger partial charge in [0.15, 0.2) is 0 Å². The number of anilines is 1. The zero-order valence-electron chi connectivity index (χ0n) is 13.8. The van der Waals surface area contributed by atoms with Crippen molar-refractivity contribution >= 4 is 29.1 Å². The highest BCUT2D eigenvalue weighted by Crippen LogP contribution is 2.35. The second-order valence-electron chi connectivity index (χ2n) is 5.46. The Balaban J connectivity index is 2.12. The van der Waals surface area contributed by atoms with Crippen LogP contribution in [-0.2, 0) is 11.0 Å². The van der Waals surface area contributed by atoms with Crippen molar-refractivity contribution in [3.63, 3.8) is 0 Å². The Bertz CT molecular complexity index is 795. The quantitative estimate of drug-likeness (QED) is 0.842. The van der Waals surface area contributed by atoms with Gasteiger partial charge in [-0.05, 0) is 30.3 Å². The van der Waals surface area contributed by atoms with Crippen molar-refractivity contribution in [3.8, 4) is 0 Å². The van der Waals surface area contributed by atoms with Crippen LogP contribution in [-0.4, -0.2) is 24.9 Å². The topological polar surface area (TPSA) is 49.4 Å². The molecule has 1 N–H and O–H groups in total. The lowest BCUT2D eigenvalue weighted by Gasteiger charge is -2.23. The van der Waals surface area contributed by atoms with Crippen molar-refractivity contribution in [1.29, 1.82) is 0 Å². The number of alkyl halides is 3. The summed E-state index contributed by atoms with van der Waals surface area (Å²) in [6.07, 6.45) is -4.55. The van der Waals surface area contributed by atoms with Gasteiger partial charge in [0.2, 0.25) is 5.91 Å². The molecule has 2 rings (SSSR count). The fourth-order valence-corrected chi connectivity index (χ4v) is 2.54. The summed E-state index contributed by atoms with van der Waals surface area (Å²) in [5.74, 6) is -0.829. The first-order chi connectivity index (χ1) is 12.2. The minimum absolute atomic E-state index is 0.0163. The van der Waals surface area contributed by atoms with E-state index in [1.54, 1.807) is 30.3 Å². The summed E-state index contributed by atoms with van der Waals surface area (Å²) in [6.45, 7) is 1.25. The third kappa shape index (κ3) is 4.98. The predicted molar refractivity (Wildman–Crippen MR) is 93.3 cm³/mol. The number of rotatable bonds is 5. The van der Waals surface area contributed by atoms with Crippen LogP contribution in [0.1, 0.15) is 22.8 Å². The molecule has 138 valence electrons. The van der Waals surface area contributed by atoms with Crippen LogP contribution in [0.25, 0.3) is 0 Å². The summed E-state index contributed by atoms with van der Waals surface area (Å²) in [5, 5.41) is 2.64. The van der Waals surface area contributed by atoms with Crippen molar-refractivity contribution in [2.75, 3.05) is 18.0 Å². The van der Waals surface area contributed by atoms with E-state index in [1.165, 1.54) is 6.92 Å². The van der Waals surface area contributed by atoms with E-state index in [2.05, 4.69) is 5.32 Å². The van der Waals surface area contributed by atoms with Gasteiger partial charge in [0, 0.05) is 25.6 Å². The Kier molecular flexibility index (Phi) is 6.26. The van der Waals surface area contributed by atoms with Crippen LogP contribution in [0.5, 0.6) is 0 Å². The van der Waals surface area contributed by atoms with E-state index in [1.807, 2.05) is 0 Å². The zero-order valence-corrected chi connectivity index (χ0v) is 14.6. The average Bonchev–Trinajstić information content (AvgIpc) is 2.59. The highest BCUT2D eigenvalue weighted by Gasteiger charge is 2.31. The molecule has 0 aromatic heterocycles. The summed E-state index contributed by atoms with van der Waals surface area (Å²) < 4.78 is 38.7. The molecular formula is C18H16ClF3N2O2. The molecule has 2 aromatic rings. The molecule has 0 aliphatic carbocycles. The van der Waals surface area contributed by atoms with Crippen molar-refractivity contribution in [1.82, 2.24) is 5.32 Å². The number of carbonyl (C=O) groups excluding carboxylic acids is 2. The van der Waals surface area contributed by atoms with Gasteiger partial charge in [-0.25, -0.2) is 0 Å². The van der Waals surface area contributed by atoms with Crippen molar-refractivity contribution in [3.05, 3.63) is 64.7 Å². The Morgan fingerprint density at radius 1 is 1.12 bits per heavy atom. The summed E-state index contributed by atoms with van der Waals surface area (Å²) in [4.78, 5) is 25.0. The molecule has 0 aliphatic rings. The number of hydrogen-bond acceptors (Lipinski definition) is 2. The first kappa shape index (κ1) is 19.8. The molecule has 0 atom stereocenters. The molecule has 26 heavy (non-hydrogen) atoms. The fourth-order valence-electron chi connectivity index (χ4n) is 2.32. The van der Waals surface area contributed by atoms with Gasteiger partial charge in [-0.3, -0.25) is 9.59 Å². The van der Waals surface area contributed by atoms with Gasteiger partial charge in [-0.1, -0.05) is 29.8 Å². The molecule has 0 spiro atoms. The number of halogens is 4. The number of carbonyl (C=O) groups is 2. The molecule has 0 saturated carbocycles. The minimum atomic E-state index is -4.55. The van der Waals surface area contributed by atoms with E-state index in [4.69, 9.17) is 11.6 Å². The monoisotopic (exact) mass is 384 g/mol. The maximum Gasteiger partial charge on any atom is 0.416 e. The molecule has 8 heteroatoms. The molecule has 2 aromatic carbocycles.